The van der Waals surface area contributed by atoms with Crippen molar-refractivity contribution in [3.63, 3.8) is 0 Å². The fraction of sp³-hybridized carbons (Fsp3) is 0.400. The molecule has 0 spiro atoms. The molecule has 3 heteroatoms. The van der Waals surface area contributed by atoms with Gasteiger partial charge >= 0.3 is 0 Å². The lowest BCUT2D eigenvalue weighted by Gasteiger charge is -2.39. The zero-order valence-electron chi connectivity index (χ0n) is 16.5. The van der Waals surface area contributed by atoms with E-state index in [0.29, 0.717) is 11.8 Å². The van der Waals surface area contributed by atoms with Crippen LogP contribution in [0.4, 0.5) is 5.69 Å². The largest absolute Gasteiger partial charge is 0.377 e. The maximum Gasteiger partial charge on any atom is 0.255 e. The topological polar surface area (TPSA) is 32.3 Å². The molecule has 0 saturated carbocycles. The molecule has 1 aliphatic carbocycles. The van der Waals surface area contributed by atoms with Gasteiger partial charge < -0.3 is 10.2 Å². The van der Waals surface area contributed by atoms with Gasteiger partial charge in [0.05, 0.1) is 17.3 Å². The minimum absolute atomic E-state index is 0.184. The van der Waals surface area contributed by atoms with Gasteiger partial charge in [0, 0.05) is 19.0 Å². The highest BCUT2D eigenvalue weighted by Crippen LogP contribution is 2.50. The Hall–Kier alpha value is -2.55. The van der Waals surface area contributed by atoms with Crippen LogP contribution in [0.25, 0.3) is 0 Å². The van der Waals surface area contributed by atoms with E-state index < -0.39 is 0 Å². The van der Waals surface area contributed by atoms with Gasteiger partial charge in [0.1, 0.15) is 0 Å². The molecule has 28 heavy (non-hydrogen) atoms. The highest BCUT2D eigenvalue weighted by Gasteiger charge is 2.39. The second-order valence-electron chi connectivity index (χ2n) is 8.63. The minimum Gasteiger partial charge on any atom is -0.377 e. The van der Waals surface area contributed by atoms with Crippen molar-refractivity contribution in [2.45, 2.75) is 38.1 Å². The summed E-state index contributed by atoms with van der Waals surface area (Å²) in [5.74, 6) is 1.80. The van der Waals surface area contributed by atoms with E-state index >= 15 is 0 Å². The lowest BCUT2D eigenvalue weighted by molar-refractivity contribution is 0.0698. The second-order valence-corrected chi connectivity index (χ2v) is 8.63. The Labute approximate surface area is 167 Å². The minimum atomic E-state index is 0.184. The molecule has 0 bridgehead atoms. The zero-order chi connectivity index (χ0) is 19.1. The van der Waals surface area contributed by atoms with Crippen LogP contribution >= 0.6 is 0 Å². The molecule has 2 aromatic carbocycles. The first kappa shape index (κ1) is 17.5. The number of benzene rings is 2. The number of fused-ring (bicyclic) bond motifs is 3. The number of carbonyl (C=O) groups is 1. The SMILES string of the molecule is CC1CCN(C(=O)c2cccc3c2NC(c2ccccc2)C2CC=CC32)CC1. The smallest absolute Gasteiger partial charge is 0.255 e. The van der Waals surface area contributed by atoms with Gasteiger partial charge in [0.25, 0.3) is 5.91 Å². The number of carbonyl (C=O) groups excluding carboxylic acids is 1. The summed E-state index contributed by atoms with van der Waals surface area (Å²) in [5.41, 5.74) is 4.47. The molecule has 2 aromatic rings. The molecule has 1 N–H and O–H groups in total. The lowest BCUT2D eigenvalue weighted by Crippen LogP contribution is -2.39. The Kier molecular flexibility index (Phi) is 4.46. The normalized spacial score (nSPS) is 26.5. The number of para-hydroxylation sites is 1. The number of nitrogens with one attached hydrogen (secondary N) is 1. The van der Waals surface area contributed by atoms with E-state index in [9.17, 15) is 4.79 Å². The van der Waals surface area contributed by atoms with Crippen molar-refractivity contribution in [1.29, 1.82) is 0 Å². The van der Waals surface area contributed by atoms with Crippen LogP contribution in [0.2, 0.25) is 0 Å². The van der Waals surface area contributed by atoms with E-state index in [0.717, 1.165) is 49.5 Å². The maximum atomic E-state index is 13.4. The van der Waals surface area contributed by atoms with Gasteiger partial charge in [-0.1, -0.05) is 61.5 Å². The first-order chi connectivity index (χ1) is 13.7. The number of likely N-dealkylation sites (tertiary alicyclic amines) is 1. The summed E-state index contributed by atoms with van der Waals surface area (Å²) in [6.07, 6.45) is 7.95. The van der Waals surface area contributed by atoms with Crippen molar-refractivity contribution >= 4 is 11.6 Å². The van der Waals surface area contributed by atoms with E-state index in [4.69, 9.17) is 0 Å². The van der Waals surface area contributed by atoms with Crippen LogP contribution in [0.1, 0.15) is 59.6 Å². The lowest BCUT2D eigenvalue weighted by atomic mass is 9.76. The van der Waals surface area contributed by atoms with Crippen LogP contribution in [0, 0.1) is 11.8 Å². The molecule has 5 rings (SSSR count). The highest BCUT2D eigenvalue weighted by molar-refractivity contribution is 6.01. The number of piperidine rings is 1. The third-order valence-electron chi connectivity index (χ3n) is 6.86. The Balaban J connectivity index is 1.53. The van der Waals surface area contributed by atoms with Crippen molar-refractivity contribution in [3.8, 4) is 0 Å². The molecule has 0 aromatic heterocycles. The summed E-state index contributed by atoms with van der Waals surface area (Å²) in [6, 6.07) is 17.2. The van der Waals surface area contributed by atoms with Gasteiger partial charge in [-0.25, -0.2) is 0 Å². The van der Waals surface area contributed by atoms with Gasteiger partial charge in [-0.2, -0.15) is 0 Å². The summed E-state index contributed by atoms with van der Waals surface area (Å²) in [5, 5.41) is 3.79. The van der Waals surface area contributed by atoms with Crippen LogP contribution in [0.15, 0.2) is 60.7 Å². The van der Waals surface area contributed by atoms with E-state index in [-0.39, 0.29) is 11.9 Å². The monoisotopic (exact) mass is 372 g/mol. The summed E-state index contributed by atoms with van der Waals surface area (Å²) < 4.78 is 0. The second kappa shape index (κ2) is 7.12. The molecule has 1 fully saturated rings. The Morgan fingerprint density at radius 3 is 2.61 bits per heavy atom. The molecule has 3 aliphatic rings. The Morgan fingerprint density at radius 2 is 1.82 bits per heavy atom. The molecule has 144 valence electrons. The summed E-state index contributed by atoms with van der Waals surface area (Å²) >= 11 is 0. The van der Waals surface area contributed by atoms with Crippen molar-refractivity contribution in [3.05, 3.63) is 77.4 Å². The summed E-state index contributed by atoms with van der Waals surface area (Å²) in [4.78, 5) is 15.4. The number of anilines is 1. The number of nitrogens with zero attached hydrogens (tertiary/aromatic N) is 1. The number of rotatable bonds is 2. The zero-order valence-corrected chi connectivity index (χ0v) is 16.5. The third-order valence-corrected chi connectivity index (χ3v) is 6.86. The van der Waals surface area contributed by atoms with Crippen molar-refractivity contribution in [2.75, 3.05) is 18.4 Å². The number of allylic oxidation sites excluding steroid dienone is 2. The first-order valence-corrected chi connectivity index (χ1v) is 10.6. The average molecular weight is 373 g/mol. The van der Waals surface area contributed by atoms with Gasteiger partial charge in [-0.15, -0.1) is 0 Å². The van der Waals surface area contributed by atoms with Gasteiger partial charge in [-0.3, -0.25) is 4.79 Å². The van der Waals surface area contributed by atoms with Gasteiger partial charge in [0.15, 0.2) is 0 Å². The number of hydrogen-bond acceptors (Lipinski definition) is 2. The number of hydrogen-bond donors (Lipinski definition) is 1. The summed E-state index contributed by atoms with van der Waals surface area (Å²) in [6.45, 7) is 4.03. The molecule has 3 unspecified atom stereocenters. The summed E-state index contributed by atoms with van der Waals surface area (Å²) in [7, 11) is 0. The van der Waals surface area contributed by atoms with Crippen LogP contribution in [0.3, 0.4) is 0 Å². The molecule has 2 aliphatic heterocycles. The fourth-order valence-corrected chi connectivity index (χ4v) is 5.17. The molecule has 0 radical (unpaired) electrons. The van der Waals surface area contributed by atoms with E-state index in [1.165, 1.54) is 11.1 Å². The highest BCUT2D eigenvalue weighted by atomic mass is 16.2. The molecule has 2 heterocycles. The molecular formula is C25H28N2O. The van der Waals surface area contributed by atoms with Crippen LogP contribution in [-0.2, 0) is 0 Å². The third kappa shape index (κ3) is 2.94. The average Bonchev–Trinajstić information content (AvgIpc) is 3.24. The Bertz CT molecular complexity index is 896. The van der Waals surface area contributed by atoms with Crippen molar-refractivity contribution < 1.29 is 4.79 Å². The standard InChI is InChI=1S/C25H28N2O/c1-17-13-15-27(16-14-17)25(28)22-12-6-11-21-19-9-5-10-20(19)23(26-24(21)22)18-7-3-2-4-8-18/h2-9,11-12,17,19-20,23,26H,10,13-16H2,1H3. The Morgan fingerprint density at radius 1 is 1.04 bits per heavy atom. The molecule has 1 amide bonds. The van der Waals surface area contributed by atoms with E-state index in [1.807, 2.05) is 11.0 Å². The van der Waals surface area contributed by atoms with Crippen molar-refractivity contribution in [2.24, 2.45) is 11.8 Å². The van der Waals surface area contributed by atoms with Crippen molar-refractivity contribution in [1.82, 2.24) is 4.90 Å². The van der Waals surface area contributed by atoms with E-state index in [1.54, 1.807) is 0 Å². The van der Waals surface area contributed by atoms with E-state index in [2.05, 4.69) is 66.9 Å². The molecule has 1 saturated heterocycles. The van der Waals surface area contributed by atoms with Crippen LogP contribution in [0.5, 0.6) is 0 Å². The van der Waals surface area contributed by atoms with Gasteiger partial charge in [-0.05, 0) is 48.3 Å². The van der Waals surface area contributed by atoms with Gasteiger partial charge in [0.2, 0.25) is 0 Å². The predicted molar refractivity (Wildman–Crippen MR) is 114 cm³/mol. The van der Waals surface area contributed by atoms with Crippen LogP contribution < -0.4 is 5.32 Å². The molecular weight excluding hydrogens is 344 g/mol. The maximum absolute atomic E-state index is 13.4. The fourth-order valence-electron chi connectivity index (χ4n) is 5.17. The molecule has 3 nitrogen and oxygen atoms in total. The predicted octanol–water partition coefficient (Wildman–Crippen LogP) is 5.39. The quantitative estimate of drug-likeness (QED) is 0.717. The first-order valence-electron chi connectivity index (χ1n) is 10.6. The van der Waals surface area contributed by atoms with Crippen LogP contribution in [-0.4, -0.2) is 23.9 Å². The number of amides is 1. The molecule has 3 atom stereocenters.